The van der Waals surface area contributed by atoms with Gasteiger partial charge in [0, 0.05) is 18.1 Å². The van der Waals surface area contributed by atoms with Crippen molar-refractivity contribution in [2.45, 2.75) is 37.9 Å². The number of hydrogen-bond acceptors (Lipinski definition) is 3. The molecule has 1 aliphatic heterocycles. The van der Waals surface area contributed by atoms with Gasteiger partial charge in [-0.1, -0.05) is 29.8 Å². The van der Waals surface area contributed by atoms with Crippen molar-refractivity contribution < 1.29 is 4.79 Å². The molecule has 3 atom stereocenters. The molecule has 20 heavy (non-hydrogen) atoms. The van der Waals surface area contributed by atoms with Gasteiger partial charge in [0.2, 0.25) is 5.91 Å². The Balaban J connectivity index is 2.34. The largest absolute Gasteiger partial charge is 0.358 e. The van der Waals surface area contributed by atoms with Crippen LogP contribution in [0.2, 0.25) is 5.02 Å². The summed E-state index contributed by atoms with van der Waals surface area (Å²) in [5.74, 6) is 0.0557. The normalized spacial score (nSPS) is 22.5. The highest BCUT2D eigenvalue weighted by atomic mass is 35.5. The lowest BCUT2D eigenvalue weighted by molar-refractivity contribution is -0.125. The molecular weight excluding hydrogens is 274 g/mol. The van der Waals surface area contributed by atoms with Gasteiger partial charge in [0.05, 0.1) is 12.1 Å². The molecule has 5 heteroatoms. The first-order valence-electron chi connectivity index (χ1n) is 7.03. The fraction of sp³-hybridized carbons (Fsp3) is 0.533. The van der Waals surface area contributed by atoms with Crippen molar-refractivity contribution in [3.8, 4) is 0 Å². The second-order valence-electron chi connectivity index (χ2n) is 5.34. The maximum Gasteiger partial charge on any atom is 0.237 e. The minimum atomic E-state index is -0.118. The summed E-state index contributed by atoms with van der Waals surface area (Å²) >= 11 is 6.32. The average Bonchev–Trinajstić information content (AvgIpc) is 2.89. The van der Waals surface area contributed by atoms with Crippen LogP contribution in [-0.2, 0) is 4.79 Å². The van der Waals surface area contributed by atoms with Gasteiger partial charge in [0.1, 0.15) is 0 Å². The molecule has 2 rings (SSSR count). The molecule has 0 aromatic heterocycles. The average molecular weight is 296 g/mol. The summed E-state index contributed by atoms with van der Waals surface area (Å²) in [5, 5.41) is 3.45. The van der Waals surface area contributed by atoms with E-state index in [-0.39, 0.29) is 24.0 Å². The molecule has 0 spiro atoms. The van der Waals surface area contributed by atoms with Gasteiger partial charge in [-0.05, 0) is 37.9 Å². The Labute approximate surface area is 125 Å². The van der Waals surface area contributed by atoms with Crippen molar-refractivity contribution in [1.82, 2.24) is 10.2 Å². The van der Waals surface area contributed by atoms with Crippen molar-refractivity contribution in [2.24, 2.45) is 5.73 Å². The molecule has 0 aliphatic carbocycles. The zero-order chi connectivity index (χ0) is 14.7. The lowest BCUT2D eigenvalue weighted by atomic mass is 9.98. The first-order chi connectivity index (χ1) is 9.56. The quantitative estimate of drug-likeness (QED) is 0.892. The van der Waals surface area contributed by atoms with Crippen LogP contribution in [0.1, 0.15) is 31.4 Å². The van der Waals surface area contributed by atoms with Crippen molar-refractivity contribution >= 4 is 17.5 Å². The topological polar surface area (TPSA) is 58.4 Å². The predicted octanol–water partition coefficient (Wildman–Crippen LogP) is 1.94. The number of likely N-dealkylation sites (tertiary alicyclic amines) is 1. The molecule has 3 unspecified atom stereocenters. The molecule has 1 aromatic rings. The fourth-order valence-electron chi connectivity index (χ4n) is 3.05. The van der Waals surface area contributed by atoms with E-state index in [0.29, 0.717) is 5.02 Å². The van der Waals surface area contributed by atoms with E-state index in [1.807, 2.05) is 31.2 Å². The number of carbonyl (C=O) groups is 1. The third-order valence-electron chi connectivity index (χ3n) is 3.92. The zero-order valence-corrected chi connectivity index (χ0v) is 12.7. The maximum absolute atomic E-state index is 12.0. The van der Waals surface area contributed by atoms with Gasteiger partial charge in [0.15, 0.2) is 0 Å². The molecule has 1 aromatic carbocycles. The SMILES string of the molecule is CNC(=O)C1CCCN1C(c1ccccc1Cl)C(C)N. The first kappa shape index (κ1) is 15.3. The van der Waals surface area contributed by atoms with Crippen LogP contribution in [-0.4, -0.2) is 36.5 Å². The van der Waals surface area contributed by atoms with Crippen LogP contribution in [0.3, 0.4) is 0 Å². The highest BCUT2D eigenvalue weighted by Crippen LogP contribution is 2.34. The highest BCUT2D eigenvalue weighted by Gasteiger charge is 2.37. The van der Waals surface area contributed by atoms with Crippen molar-refractivity contribution in [3.63, 3.8) is 0 Å². The van der Waals surface area contributed by atoms with Gasteiger partial charge in [-0.2, -0.15) is 0 Å². The number of carbonyl (C=O) groups excluding carboxylic acids is 1. The molecule has 1 amide bonds. The minimum absolute atomic E-state index is 0.0338. The number of nitrogens with two attached hydrogens (primary N) is 1. The van der Waals surface area contributed by atoms with Crippen LogP contribution in [0.5, 0.6) is 0 Å². The molecule has 0 bridgehead atoms. The molecule has 1 saturated heterocycles. The lowest BCUT2D eigenvalue weighted by Gasteiger charge is -2.35. The molecule has 1 fully saturated rings. The van der Waals surface area contributed by atoms with Crippen LogP contribution in [0.15, 0.2) is 24.3 Å². The number of likely N-dealkylation sites (N-methyl/N-ethyl adjacent to an activating group) is 1. The van der Waals surface area contributed by atoms with Gasteiger partial charge >= 0.3 is 0 Å². The van der Waals surface area contributed by atoms with Crippen LogP contribution in [0, 0.1) is 0 Å². The minimum Gasteiger partial charge on any atom is -0.358 e. The first-order valence-corrected chi connectivity index (χ1v) is 7.41. The van der Waals surface area contributed by atoms with Crippen LogP contribution < -0.4 is 11.1 Å². The Kier molecular flexibility index (Phi) is 5.02. The molecule has 1 aliphatic rings. The van der Waals surface area contributed by atoms with E-state index in [1.165, 1.54) is 0 Å². The van der Waals surface area contributed by atoms with Gasteiger partial charge < -0.3 is 11.1 Å². The van der Waals surface area contributed by atoms with E-state index in [0.717, 1.165) is 24.9 Å². The fourth-order valence-corrected chi connectivity index (χ4v) is 3.30. The van der Waals surface area contributed by atoms with Crippen molar-refractivity contribution in [2.75, 3.05) is 13.6 Å². The van der Waals surface area contributed by atoms with E-state index in [1.54, 1.807) is 7.05 Å². The summed E-state index contributed by atoms with van der Waals surface area (Å²) in [6.07, 6.45) is 1.87. The van der Waals surface area contributed by atoms with Gasteiger partial charge in [0.25, 0.3) is 0 Å². The smallest absolute Gasteiger partial charge is 0.237 e. The number of nitrogens with zero attached hydrogens (tertiary/aromatic N) is 1. The Morgan fingerprint density at radius 2 is 2.20 bits per heavy atom. The Hall–Kier alpha value is -1.10. The molecule has 1 heterocycles. The molecule has 4 nitrogen and oxygen atoms in total. The second kappa shape index (κ2) is 6.57. The number of nitrogens with one attached hydrogen (secondary N) is 1. The summed E-state index contributed by atoms with van der Waals surface area (Å²) in [6, 6.07) is 7.49. The molecule has 0 saturated carbocycles. The molecule has 0 radical (unpaired) electrons. The van der Waals surface area contributed by atoms with Crippen LogP contribution in [0.25, 0.3) is 0 Å². The van der Waals surface area contributed by atoms with E-state index >= 15 is 0 Å². The molecular formula is C15H22ClN3O. The van der Waals surface area contributed by atoms with E-state index < -0.39 is 0 Å². The molecule has 110 valence electrons. The highest BCUT2D eigenvalue weighted by molar-refractivity contribution is 6.31. The predicted molar refractivity (Wildman–Crippen MR) is 81.6 cm³/mol. The summed E-state index contributed by atoms with van der Waals surface area (Å²) in [7, 11) is 1.68. The number of rotatable bonds is 4. The summed E-state index contributed by atoms with van der Waals surface area (Å²) in [4.78, 5) is 14.2. The number of halogens is 1. The number of benzene rings is 1. The van der Waals surface area contributed by atoms with E-state index in [4.69, 9.17) is 17.3 Å². The van der Waals surface area contributed by atoms with Crippen molar-refractivity contribution in [1.29, 1.82) is 0 Å². The van der Waals surface area contributed by atoms with Crippen LogP contribution in [0.4, 0.5) is 0 Å². The summed E-state index contributed by atoms with van der Waals surface area (Å²) < 4.78 is 0. The summed E-state index contributed by atoms with van der Waals surface area (Å²) in [5.41, 5.74) is 7.19. The van der Waals surface area contributed by atoms with Gasteiger partial charge in [-0.15, -0.1) is 0 Å². The Morgan fingerprint density at radius 3 is 2.80 bits per heavy atom. The Morgan fingerprint density at radius 1 is 1.50 bits per heavy atom. The summed E-state index contributed by atoms with van der Waals surface area (Å²) in [6.45, 7) is 2.84. The maximum atomic E-state index is 12.0. The zero-order valence-electron chi connectivity index (χ0n) is 12.0. The van der Waals surface area contributed by atoms with E-state index in [2.05, 4.69) is 10.2 Å². The number of amides is 1. The van der Waals surface area contributed by atoms with Gasteiger partial charge in [-0.25, -0.2) is 0 Å². The monoisotopic (exact) mass is 295 g/mol. The van der Waals surface area contributed by atoms with Crippen LogP contribution >= 0.6 is 11.6 Å². The van der Waals surface area contributed by atoms with E-state index in [9.17, 15) is 4.79 Å². The van der Waals surface area contributed by atoms with Crippen molar-refractivity contribution in [3.05, 3.63) is 34.9 Å². The third kappa shape index (κ3) is 2.97. The standard InChI is InChI=1S/C15H22ClN3O/c1-10(17)14(11-6-3-4-7-12(11)16)19-9-5-8-13(19)15(20)18-2/h3-4,6-7,10,13-14H,5,8-9,17H2,1-2H3,(H,18,20). The molecule has 3 N–H and O–H groups in total. The number of hydrogen-bond donors (Lipinski definition) is 2. The second-order valence-corrected chi connectivity index (χ2v) is 5.74. The Bertz CT molecular complexity index is 478. The third-order valence-corrected chi connectivity index (χ3v) is 4.27. The van der Waals surface area contributed by atoms with Gasteiger partial charge in [-0.3, -0.25) is 9.69 Å². The lowest BCUT2D eigenvalue weighted by Crippen LogP contribution is -2.48.